The van der Waals surface area contributed by atoms with E-state index in [0.29, 0.717) is 17.2 Å². The number of rotatable bonds is 5. The molecule has 1 aliphatic rings. The summed E-state index contributed by atoms with van der Waals surface area (Å²) in [7, 11) is 0. The average molecular weight is 286 g/mol. The van der Waals surface area contributed by atoms with E-state index in [2.05, 4.69) is 20.2 Å². The first kappa shape index (κ1) is 14.3. The molecule has 2 rings (SSSR count). The predicted molar refractivity (Wildman–Crippen MR) is 76.6 cm³/mol. The Bertz CT molecular complexity index is 423. The predicted octanol–water partition coefficient (Wildman–Crippen LogP) is 1.15. The van der Waals surface area contributed by atoms with Crippen LogP contribution in [0.25, 0.3) is 0 Å². The summed E-state index contributed by atoms with van der Waals surface area (Å²) in [5.74, 6) is 0.625. The van der Waals surface area contributed by atoms with Crippen LogP contribution in [0.5, 0.6) is 0 Å². The van der Waals surface area contributed by atoms with E-state index in [1.54, 1.807) is 0 Å². The summed E-state index contributed by atoms with van der Waals surface area (Å²) in [6.07, 6.45) is 1.03. The molecule has 0 bridgehead atoms. The first-order chi connectivity index (χ1) is 9.16. The largest absolute Gasteiger partial charge is 0.394 e. The molecule has 1 aromatic heterocycles. The maximum absolute atomic E-state index is 5.90. The molecule has 2 heterocycles. The van der Waals surface area contributed by atoms with Crippen LogP contribution in [-0.4, -0.2) is 54.3 Å². The van der Waals surface area contributed by atoms with E-state index in [1.165, 1.54) is 0 Å². The third kappa shape index (κ3) is 4.19. The van der Waals surface area contributed by atoms with Gasteiger partial charge in [-0.05, 0) is 31.5 Å². The van der Waals surface area contributed by atoms with Crippen molar-refractivity contribution in [3.63, 3.8) is 0 Å². The average Bonchev–Trinajstić information content (AvgIpc) is 2.41. The molecule has 0 spiro atoms. The number of ether oxygens (including phenoxy) is 1. The lowest BCUT2D eigenvalue weighted by Gasteiger charge is -2.26. The minimum atomic E-state index is 0.224. The molecule has 0 saturated carbocycles. The van der Waals surface area contributed by atoms with Crippen molar-refractivity contribution in [3.8, 4) is 0 Å². The number of nitrogens with two attached hydrogens (primary N) is 1. The molecule has 0 atom stereocenters. The summed E-state index contributed by atoms with van der Waals surface area (Å²) < 4.78 is 5.31. The van der Waals surface area contributed by atoms with E-state index < -0.39 is 0 Å². The number of halogens is 1. The molecule has 0 amide bonds. The number of aryl methyl sites for hydroxylation is 1. The third-order valence-corrected chi connectivity index (χ3v) is 3.33. The minimum Gasteiger partial charge on any atom is -0.394 e. The summed E-state index contributed by atoms with van der Waals surface area (Å²) in [5, 5.41) is 3.44. The van der Waals surface area contributed by atoms with E-state index in [1.807, 2.05) is 6.92 Å². The monoisotopic (exact) mass is 285 g/mol. The molecule has 6 nitrogen and oxygen atoms in total. The lowest BCUT2D eigenvalue weighted by molar-refractivity contribution is 0.0378. The van der Waals surface area contributed by atoms with Crippen molar-refractivity contribution < 1.29 is 4.74 Å². The molecule has 0 radical (unpaired) electrons. The second-order valence-electron chi connectivity index (χ2n) is 4.57. The van der Waals surface area contributed by atoms with Crippen molar-refractivity contribution in [2.24, 2.45) is 0 Å². The highest BCUT2D eigenvalue weighted by molar-refractivity contribution is 6.28. The lowest BCUT2D eigenvalue weighted by Crippen LogP contribution is -2.37. The van der Waals surface area contributed by atoms with Crippen molar-refractivity contribution in [3.05, 3.63) is 11.0 Å². The molecule has 1 fully saturated rings. The second kappa shape index (κ2) is 6.88. The normalized spacial score (nSPS) is 16.5. The fourth-order valence-electron chi connectivity index (χ4n) is 2.02. The quantitative estimate of drug-likeness (QED) is 0.624. The van der Waals surface area contributed by atoms with Crippen LogP contribution in [0.15, 0.2) is 0 Å². The number of aromatic nitrogens is 2. The molecule has 3 N–H and O–H groups in total. The Morgan fingerprint density at radius 2 is 2.11 bits per heavy atom. The Labute approximate surface area is 118 Å². The zero-order valence-corrected chi connectivity index (χ0v) is 11.9. The van der Waals surface area contributed by atoms with Gasteiger partial charge in [0.05, 0.1) is 24.6 Å². The molecule has 106 valence electrons. The van der Waals surface area contributed by atoms with Gasteiger partial charge < -0.3 is 15.8 Å². The van der Waals surface area contributed by atoms with Crippen LogP contribution in [-0.2, 0) is 4.74 Å². The number of nitrogens with zero attached hydrogens (tertiary/aromatic N) is 3. The maximum Gasteiger partial charge on any atom is 0.224 e. The number of nitrogens with one attached hydrogen (secondary N) is 1. The van der Waals surface area contributed by atoms with E-state index in [-0.39, 0.29) is 5.28 Å². The Morgan fingerprint density at radius 3 is 2.84 bits per heavy atom. The summed E-state index contributed by atoms with van der Waals surface area (Å²) in [6, 6.07) is 0. The Morgan fingerprint density at radius 1 is 1.37 bits per heavy atom. The Balaban J connectivity index is 1.76. The van der Waals surface area contributed by atoms with Crippen LogP contribution in [0.2, 0.25) is 5.28 Å². The third-order valence-electron chi connectivity index (χ3n) is 3.16. The molecule has 1 aliphatic heterocycles. The zero-order chi connectivity index (χ0) is 13.7. The summed E-state index contributed by atoms with van der Waals surface area (Å²) in [4.78, 5) is 10.5. The highest BCUT2D eigenvalue weighted by Gasteiger charge is 2.10. The van der Waals surface area contributed by atoms with Crippen molar-refractivity contribution in [1.82, 2.24) is 14.9 Å². The van der Waals surface area contributed by atoms with Gasteiger partial charge in [0.2, 0.25) is 5.28 Å². The number of morpholine rings is 1. The SMILES string of the molecule is Cc1nc(Cl)nc(NCCCN2CCOCC2)c1N. The molecule has 1 saturated heterocycles. The van der Waals surface area contributed by atoms with Crippen molar-refractivity contribution in [1.29, 1.82) is 0 Å². The van der Waals surface area contributed by atoms with E-state index in [0.717, 1.165) is 45.8 Å². The van der Waals surface area contributed by atoms with Gasteiger partial charge in [-0.25, -0.2) is 4.98 Å². The van der Waals surface area contributed by atoms with Crippen LogP contribution in [0.4, 0.5) is 11.5 Å². The standard InChI is InChI=1S/C12H20ClN5O/c1-9-10(14)11(17-12(13)16-9)15-3-2-4-18-5-7-19-8-6-18/h2-8,14H2,1H3,(H,15,16,17). The van der Waals surface area contributed by atoms with Crippen LogP contribution < -0.4 is 11.1 Å². The number of nitrogen functional groups attached to an aromatic ring is 1. The second-order valence-corrected chi connectivity index (χ2v) is 4.91. The van der Waals surface area contributed by atoms with Crippen molar-refractivity contribution in [2.75, 3.05) is 50.4 Å². The van der Waals surface area contributed by atoms with Gasteiger partial charge in [-0.2, -0.15) is 4.98 Å². The van der Waals surface area contributed by atoms with Crippen LogP contribution in [0.1, 0.15) is 12.1 Å². The van der Waals surface area contributed by atoms with Crippen LogP contribution in [0.3, 0.4) is 0 Å². The highest BCUT2D eigenvalue weighted by Crippen LogP contribution is 2.20. The van der Waals surface area contributed by atoms with Crippen LogP contribution in [0, 0.1) is 6.92 Å². The molecule has 1 aromatic rings. The Hall–Kier alpha value is -1.11. The van der Waals surface area contributed by atoms with Gasteiger partial charge in [-0.3, -0.25) is 4.90 Å². The summed E-state index contributed by atoms with van der Waals surface area (Å²) >= 11 is 5.82. The summed E-state index contributed by atoms with van der Waals surface area (Å²) in [6.45, 7) is 7.38. The number of anilines is 2. The first-order valence-corrected chi connectivity index (χ1v) is 6.88. The van der Waals surface area contributed by atoms with Gasteiger partial charge in [0.25, 0.3) is 0 Å². The maximum atomic E-state index is 5.90. The fourth-order valence-corrected chi connectivity index (χ4v) is 2.23. The smallest absolute Gasteiger partial charge is 0.224 e. The molecule has 7 heteroatoms. The zero-order valence-electron chi connectivity index (χ0n) is 11.2. The summed E-state index contributed by atoms with van der Waals surface area (Å²) in [5.41, 5.74) is 7.17. The van der Waals surface area contributed by atoms with Crippen molar-refractivity contribution in [2.45, 2.75) is 13.3 Å². The van der Waals surface area contributed by atoms with Gasteiger partial charge in [0.1, 0.15) is 0 Å². The van der Waals surface area contributed by atoms with Crippen LogP contribution >= 0.6 is 11.6 Å². The minimum absolute atomic E-state index is 0.224. The molecule has 19 heavy (non-hydrogen) atoms. The Kier molecular flexibility index (Phi) is 5.18. The molecule has 0 unspecified atom stereocenters. The van der Waals surface area contributed by atoms with Gasteiger partial charge in [-0.1, -0.05) is 0 Å². The molecular formula is C12H20ClN5O. The molecule has 0 aromatic carbocycles. The molecular weight excluding hydrogens is 266 g/mol. The van der Waals surface area contributed by atoms with Gasteiger partial charge in [-0.15, -0.1) is 0 Å². The van der Waals surface area contributed by atoms with E-state index >= 15 is 0 Å². The van der Waals surface area contributed by atoms with Gasteiger partial charge in [0.15, 0.2) is 5.82 Å². The topological polar surface area (TPSA) is 76.3 Å². The van der Waals surface area contributed by atoms with Gasteiger partial charge in [0, 0.05) is 19.6 Å². The number of hydrogen-bond acceptors (Lipinski definition) is 6. The van der Waals surface area contributed by atoms with Gasteiger partial charge >= 0.3 is 0 Å². The lowest BCUT2D eigenvalue weighted by atomic mass is 10.3. The van der Waals surface area contributed by atoms with E-state index in [4.69, 9.17) is 22.1 Å². The van der Waals surface area contributed by atoms with E-state index in [9.17, 15) is 0 Å². The molecule has 0 aliphatic carbocycles. The highest BCUT2D eigenvalue weighted by atomic mass is 35.5. The fraction of sp³-hybridized carbons (Fsp3) is 0.667. The van der Waals surface area contributed by atoms with Crippen molar-refractivity contribution >= 4 is 23.1 Å². The number of hydrogen-bond donors (Lipinski definition) is 2. The first-order valence-electron chi connectivity index (χ1n) is 6.50.